The molecule has 1 aromatic heterocycles. The second-order valence-electron chi connectivity index (χ2n) is 6.91. The third kappa shape index (κ3) is 3.71. The molecular weight excluding hydrogens is 397 g/mol. The zero-order chi connectivity index (χ0) is 21.4. The number of hydrogen-bond donors (Lipinski definition) is 1. The zero-order valence-electron chi connectivity index (χ0n) is 15.4. The number of aromatic nitrogens is 1. The van der Waals surface area contributed by atoms with Crippen molar-refractivity contribution < 1.29 is 22.0 Å². The van der Waals surface area contributed by atoms with Crippen molar-refractivity contribution in [3.05, 3.63) is 39.4 Å². The fourth-order valence-electron chi connectivity index (χ4n) is 3.37. The molecule has 1 fully saturated rings. The van der Waals surface area contributed by atoms with Crippen LogP contribution in [0.1, 0.15) is 43.0 Å². The average Bonchev–Trinajstić information content (AvgIpc) is 2.67. The summed E-state index contributed by atoms with van der Waals surface area (Å²) in [4.78, 5) is 16.9. The van der Waals surface area contributed by atoms with Crippen LogP contribution in [0, 0.1) is 11.3 Å². The van der Waals surface area contributed by atoms with Crippen molar-refractivity contribution in [3.8, 4) is 6.07 Å². The van der Waals surface area contributed by atoms with Crippen molar-refractivity contribution in [1.82, 2.24) is 9.99 Å². The smallest absolute Gasteiger partial charge is 0.375 e. The number of pyridine rings is 1. The predicted octanol–water partition coefficient (Wildman–Crippen LogP) is 2.86. The molecule has 0 amide bonds. The molecule has 0 saturated carbocycles. The van der Waals surface area contributed by atoms with Crippen LogP contribution >= 0.6 is 0 Å². The Morgan fingerprint density at radius 1 is 1.21 bits per heavy atom. The van der Waals surface area contributed by atoms with Gasteiger partial charge in [0.15, 0.2) is 0 Å². The molecule has 3 rings (SSSR count). The van der Waals surface area contributed by atoms with E-state index < -0.39 is 28.8 Å². The molecular formula is C18H18F5N5O. The summed E-state index contributed by atoms with van der Waals surface area (Å²) in [5.41, 5.74) is -4.18. The summed E-state index contributed by atoms with van der Waals surface area (Å²) in [5.74, 6) is -5.36. The van der Waals surface area contributed by atoms with Gasteiger partial charge in [-0.25, -0.2) is 4.68 Å². The lowest BCUT2D eigenvalue weighted by molar-refractivity contribution is -0.289. The van der Waals surface area contributed by atoms with E-state index in [0.29, 0.717) is 19.2 Å². The molecule has 1 aromatic rings. The first-order chi connectivity index (χ1) is 13.6. The molecule has 0 aromatic carbocycles. The third-order valence-electron chi connectivity index (χ3n) is 4.78. The average molecular weight is 415 g/mol. The summed E-state index contributed by atoms with van der Waals surface area (Å²) in [6.45, 7) is 2.51. The number of halogens is 5. The molecule has 29 heavy (non-hydrogen) atoms. The first-order valence-corrected chi connectivity index (χ1v) is 8.98. The summed E-state index contributed by atoms with van der Waals surface area (Å²) in [7, 11) is 0. The van der Waals surface area contributed by atoms with Gasteiger partial charge in [0.2, 0.25) is 0 Å². The van der Waals surface area contributed by atoms with E-state index in [9.17, 15) is 32.0 Å². The molecule has 1 atom stereocenters. The van der Waals surface area contributed by atoms with E-state index in [2.05, 4.69) is 10.3 Å². The Hall–Kier alpha value is -2.90. The molecule has 0 spiro atoms. The highest BCUT2D eigenvalue weighted by molar-refractivity contribution is 5.75. The molecule has 1 N–H and O–H groups in total. The minimum atomic E-state index is -5.96. The number of alkyl halides is 5. The second kappa shape index (κ2) is 7.50. The van der Waals surface area contributed by atoms with Crippen molar-refractivity contribution >= 4 is 11.9 Å². The molecule has 1 saturated heterocycles. The highest BCUT2D eigenvalue weighted by Gasteiger charge is 2.60. The summed E-state index contributed by atoms with van der Waals surface area (Å²) < 4.78 is 68.5. The number of piperidine rings is 1. The lowest BCUT2D eigenvalue weighted by Crippen LogP contribution is -2.49. The lowest BCUT2D eigenvalue weighted by Gasteiger charge is -2.34. The number of nitrogens with zero attached hydrogens (tertiary/aromatic N) is 4. The highest BCUT2D eigenvalue weighted by Crippen LogP contribution is 2.45. The predicted molar refractivity (Wildman–Crippen MR) is 96.2 cm³/mol. The van der Waals surface area contributed by atoms with Gasteiger partial charge < -0.3 is 10.3 Å². The Bertz CT molecular complexity index is 951. The first-order valence-electron chi connectivity index (χ1n) is 8.98. The van der Waals surface area contributed by atoms with Crippen LogP contribution in [0.2, 0.25) is 0 Å². The van der Waals surface area contributed by atoms with Gasteiger partial charge in [-0.2, -0.15) is 27.2 Å². The normalized spacial score (nSPS) is 20.1. The molecule has 0 radical (unpaired) electrons. The molecule has 0 bridgehead atoms. The van der Waals surface area contributed by atoms with Gasteiger partial charge in [-0.1, -0.05) is 0 Å². The van der Waals surface area contributed by atoms with Gasteiger partial charge in [-0.3, -0.25) is 9.79 Å². The molecule has 2 aliphatic rings. The molecule has 6 nitrogen and oxygen atoms in total. The van der Waals surface area contributed by atoms with Crippen LogP contribution in [-0.2, 0) is 5.92 Å². The van der Waals surface area contributed by atoms with E-state index in [-0.39, 0.29) is 17.4 Å². The maximum absolute atomic E-state index is 14.2. The Labute approximate surface area is 162 Å². The van der Waals surface area contributed by atoms with Crippen LogP contribution in [-0.4, -0.2) is 36.2 Å². The van der Waals surface area contributed by atoms with Gasteiger partial charge in [0, 0.05) is 19.3 Å². The van der Waals surface area contributed by atoms with Crippen LogP contribution in [0.25, 0.3) is 5.70 Å². The Kier molecular flexibility index (Phi) is 5.38. The lowest BCUT2D eigenvalue weighted by atomic mass is 10.0. The zero-order valence-corrected chi connectivity index (χ0v) is 15.4. The van der Waals surface area contributed by atoms with E-state index in [0.717, 1.165) is 23.9 Å². The highest BCUT2D eigenvalue weighted by atomic mass is 19.4. The molecule has 3 heterocycles. The van der Waals surface area contributed by atoms with Gasteiger partial charge in [-0.05, 0) is 32.3 Å². The van der Waals surface area contributed by atoms with Gasteiger partial charge in [0.1, 0.15) is 11.6 Å². The van der Waals surface area contributed by atoms with E-state index in [1.165, 1.54) is 18.5 Å². The van der Waals surface area contributed by atoms with Crippen molar-refractivity contribution in [1.29, 1.82) is 5.26 Å². The van der Waals surface area contributed by atoms with Crippen molar-refractivity contribution in [2.45, 2.75) is 44.3 Å². The topological polar surface area (TPSA) is 73.4 Å². The third-order valence-corrected chi connectivity index (χ3v) is 4.78. The largest absolute Gasteiger partial charge is 0.458 e. The Morgan fingerprint density at radius 2 is 1.86 bits per heavy atom. The summed E-state index contributed by atoms with van der Waals surface area (Å²) in [6.07, 6.45) is -0.860. The van der Waals surface area contributed by atoms with Gasteiger partial charge in [-0.15, -0.1) is 0 Å². The Morgan fingerprint density at radius 3 is 2.41 bits per heavy atom. The van der Waals surface area contributed by atoms with Gasteiger partial charge in [0.05, 0.1) is 29.2 Å². The monoisotopic (exact) mass is 415 g/mol. The van der Waals surface area contributed by atoms with Gasteiger partial charge >= 0.3 is 12.1 Å². The van der Waals surface area contributed by atoms with Crippen molar-refractivity contribution in [2.24, 2.45) is 4.99 Å². The summed E-state index contributed by atoms with van der Waals surface area (Å²) >= 11 is 0. The van der Waals surface area contributed by atoms with Crippen molar-refractivity contribution in [3.63, 3.8) is 0 Å². The van der Waals surface area contributed by atoms with Crippen LogP contribution in [0.15, 0.2) is 22.1 Å². The standard InChI is InChI=1S/C18H18F5N5O/c1-11-9-25-10-14(26-11)15-7-13(17(19,20)18(21,22)23)12(8-24)16(29)28(15)27-5-3-2-4-6-27/h7,9-11,26H,2-6H2,1H3. The second-order valence-corrected chi connectivity index (χ2v) is 6.91. The van der Waals surface area contributed by atoms with Crippen LogP contribution in [0.4, 0.5) is 22.0 Å². The summed E-state index contributed by atoms with van der Waals surface area (Å²) in [5, 5.41) is 13.7. The molecule has 2 aliphatic heterocycles. The first kappa shape index (κ1) is 20.8. The van der Waals surface area contributed by atoms with Crippen LogP contribution in [0.3, 0.4) is 0 Å². The number of nitrogens with one attached hydrogen (secondary N) is 1. The minimum Gasteiger partial charge on any atom is -0.375 e. The quantitative estimate of drug-likeness (QED) is 0.771. The number of nitriles is 1. The van der Waals surface area contributed by atoms with Gasteiger partial charge in [0.25, 0.3) is 5.56 Å². The number of hydrogen-bond acceptors (Lipinski definition) is 5. The molecule has 0 aliphatic carbocycles. The van der Waals surface area contributed by atoms with Crippen LogP contribution < -0.4 is 15.9 Å². The van der Waals surface area contributed by atoms with E-state index >= 15 is 0 Å². The molecule has 1 unspecified atom stereocenters. The summed E-state index contributed by atoms with van der Waals surface area (Å²) in [6, 6.07) is 1.48. The van der Waals surface area contributed by atoms with E-state index in [1.54, 1.807) is 11.9 Å². The van der Waals surface area contributed by atoms with Crippen LogP contribution in [0.5, 0.6) is 0 Å². The molecule has 11 heteroatoms. The maximum Gasteiger partial charge on any atom is 0.458 e. The number of aliphatic imine (C=N–C) groups is 1. The van der Waals surface area contributed by atoms with Crippen molar-refractivity contribution in [2.75, 3.05) is 18.1 Å². The van der Waals surface area contributed by atoms with E-state index in [1.807, 2.05) is 0 Å². The minimum absolute atomic E-state index is 0.117. The fraction of sp³-hybridized carbons (Fsp3) is 0.500. The molecule has 156 valence electrons. The fourth-order valence-corrected chi connectivity index (χ4v) is 3.37. The Balaban J connectivity index is 2.31. The number of rotatable bonds is 3. The van der Waals surface area contributed by atoms with E-state index in [4.69, 9.17) is 0 Å². The maximum atomic E-state index is 14.2. The SMILES string of the molecule is CC1C=NC=C(c2cc(C(F)(F)C(F)(F)F)c(C#N)c(=O)n2N2CCCCC2)N1.